The molecular weight excluding hydrogens is 334 g/mol. The van der Waals surface area contributed by atoms with E-state index < -0.39 is 0 Å². The molecule has 2 aromatic carbocycles. The zero-order chi connectivity index (χ0) is 18.0. The maximum Gasteiger partial charge on any atom is 0.262 e. The highest BCUT2D eigenvalue weighted by atomic mass is 35.5. The SMILES string of the molecule is CCCCc1c(C)n(C(=O)c2ccc(Cl)cc2)c2ccc(OC)cc12. The van der Waals surface area contributed by atoms with Crippen LogP contribution in [0.3, 0.4) is 0 Å². The number of halogens is 1. The molecule has 1 aromatic heterocycles. The van der Waals surface area contributed by atoms with Crippen LogP contribution in [0.2, 0.25) is 5.02 Å². The molecular formula is C21H22ClNO2. The van der Waals surface area contributed by atoms with Crippen LogP contribution in [0.5, 0.6) is 5.75 Å². The normalized spacial score (nSPS) is 11.0. The van der Waals surface area contributed by atoms with Crippen molar-refractivity contribution in [1.29, 1.82) is 0 Å². The predicted molar refractivity (Wildman–Crippen MR) is 103 cm³/mol. The molecule has 0 aliphatic rings. The first-order chi connectivity index (χ1) is 12.1. The summed E-state index contributed by atoms with van der Waals surface area (Å²) in [4.78, 5) is 13.1. The van der Waals surface area contributed by atoms with Gasteiger partial charge in [-0.05, 0) is 67.8 Å². The predicted octanol–water partition coefficient (Wildman–Crippen LogP) is 5.64. The van der Waals surface area contributed by atoms with Gasteiger partial charge in [-0.1, -0.05) is 24.9 Å². The Morgan fingerprint density at radius 2 is 1.88 bits per heavy atom. The summed E-state index contributed by atoms with van der Waals surface area (Å²) in [5, 5.41) is 1.71. The molecule has 4 heteroatoms. The summed E-state index contributed by atoms with van der Waals surface area (Å²) in [6, 6.07) is 12.9. The quantitative estimate of drug-likeness (QED) is 0.592. The lowest BCUT2D eigenvalue weighted by Crippen LogP contribution is -2.13. The van der Waals surface area contributed by atoms with E-state index in [-0.39, 0.29) is 5.91 Å². The topological polar surface area (TPSA) is 31.2 Å². The van der Waals surface area contributed by atoms with E-state index in [1.165, 1.54) is 5.56 Å². The number of unbranched alkanes of at least 4 members (excludes halogenated alkanes) is 1. The highest BCUT2D eigenvalue weighted by molar-refractivity contribution is 6.30. The Bertz CT molecular complexity index is 910. The Hall–Kier alpha value is -2.26. The van der Waals surface area contributed by atoms with Gasteiger partial charge in [-0.15, -0.1) is 0 Å². The number of benzene rings is 2. The Morgan fingerprint density at radius 1 is 1.16 bits per heavy atom. The van der Waals surface area contributed by atoms with E-state index in [1.54, 1.807) is 31.4 Å². The van der Waals surface area contributed by atoms with Crippen molar-refractivity contribution in [3.8, 4) is 5.75 Å². The number of aromatic nitrogens is 1. The zero-order valence-electron chi connectivity index (χ0n) is 14.8. The lowest BCUT2D eigenvalue weighted by Gasteiger charge is -2.08. The van der Waals surface area contributed by atoms with Crippen molar-refractivity contribution in [3.05, 3.63) is 64.3 Å². The highest BCUT2D eigenvalue weighted by Crippen LogP contribution is 2.31. The van der Waals surface area contributed by atoms with E-state index in [0.29, 0.717) is 10.6 Å². The fourth-order valence-corrected chi connectivity index (χ4v) is 3.37. The Kier molecular flexibility index (Phi) is 5.14. The van der Waals surface area contributed by atoms with Crippen molar-refractivity contribution in [3.63, 3.8) is 0 Å². The van der Waals surface area contributed by atoms with Gasteiger partial charge >= 0.3 is 0 Å². The third-order valence-electron chi connectivity index (χ3n) is 4.62. The fraction of sp³-hybridized carbons (Fsp3) is 0.286. The average Bonchev–Trinajstić information content (AvgIpc) is 2.90. The number of ether oxygens (including phenoxy) is 1. The van der Waals surface area contributed by atoms with E-state index in [1.807, 2.05) is 29.7 Å². The van der Waals surface area contributed by atoms with Gasteiger partial charge in [0.1, 0.15) is 5.75 Å². The maximum atomic E-state index is 13.1. The number of carbonyl (C=O) groups is 1. The standard InChI is InChI=1S/C21H22ClNO2/c1-4-5-6-18-14(2)23(20-12-11-17(25-3)13-19(18)20)21(24)15-7-9-16(22)10-8-15/h7-13H,4-6H2,1-3H3. The van der Waals surface area contributed by atoms with E-state index >= 15 is 0 Å². The van der Waals surface area contributed by atoms with Gasteiger partial charge in [-0.2, -0.15) is 0 Å². The lowest BCUT2D eigenvalue weighted by atomic mass is 10.0. The molecule has 0 bridgehead atoms. The number of hydrogen-bond acceptors (Lipinski definition) is 2. The molecule has 0 fully saturated rings. The molecule has 3 aromatic rings. The number of fused-ring (bicyclic) bond motifs is 1. The van der Waals surface area contributed by atoms with Gasteiger partial charge < -0.3 is 4.74 Å². The van der Waals surface area contributed by atoms with Gasteiger partial charge in [0.2, 0.25) is 0 Å². The molecule has 130 valence electrons. The molecule has 0 atom stereocenters. The molecule has 0 saturated heterocycles. The molecule has 0 radical (unpaired) electrons. The molecule has 0 aliphatic carbocycles. The second-order valence-electron chi connectivity index (χ2n) is 6.20. The van der Waals surface area contributed by atoms with Gasteiger partial charge in [-0.25, -0.2) is 0 Å². The van der Waals surface area contributed by atoms with Crippen molar-refractivity contribution in [1.82, 2.24) is 4.57 Å². The van der Waals surface area contributed by atoms with Gasteiger partial charge in [0.15, 0.2) is 0 Å². The first kappa shape index (κ1) is 17.6. The van der Waals surface area contributed by atoms with Gasteiger partial charge in [-0.3, -0.25) is 9.36 Å². The maximum absolute atomic E-state index is 13.1. The van der Waals surface area contributed by atoms with Crippen molar-refractivity contribution < 1.29 is 9.53 Å². The summed E-state index contributed by atoms with van der Waals surface area (Å²) in [7, 11) is 1.66. The highest BCUT2D eigenvalue weighted by Gasteiger charge is 2.20. The molecule has 3 nitrogen and oxygen atoms in total. The number of methoxy groups -OCH3 is 1. The summed E-state index contributed by atoms with van der Waals surface area (Å²) in [5.74, 6) is 0.772. The second kappa shape index (κ2) is 7.32. The van der Waals surface area contributed by atoms with Gasteiger partial charge in [0, 0.05) is 21.7 Å². The van der Waals surface area contributed by atoms with Crippen LogP contribution in [-0.4, -0.2) is 17.6 Å². The molecule has 0 unspecified atom stereocenters. The first-order valence-corrected chi connectivity index (χ1v) is 8.92. The minimum atomic E-state index is -0.0351. The lowest BCUT2D eigenvalue weighted by molar-refractivity contribution is 0.0963. The third-order valence-corrected chi connectivity index (χ3v) is 4.87. The van der Waals surface area contributed by atoms with Crippen LogP contribution in [0, 0.1) is 6.92 Å². The molecule has 0 saturated carbocycles. The van der Waals surface area contributed by atoms with Gasteiger partial charge in [0.25, 0.3) is 5.91 Å². The Labute approximate surface area is 153 Å². The average molecular weight is 356 g/mol. The zero-order valence-corrected chi connectivity index (χ0v) is 15.6. The van der Waals surface area contributed by atoms with Crippen molar-refractivity contribution in [2.24, 2.45) is 0 Å². The van der Waals surface area contributed by atoms with Crippen molar-refractivity contribution in [2.75, 3.05) is 7.11 Å². The number of aryl methyl sites for hydroxylation is 1. The molecule has 25 heavy (non-hydrogen) atoms. The van der Waals surface area contributed by atoms with Crippen molar-refractivity contribution in [2.45, 2.75) is 33.1 Å². The Balaban J connectivity index is 2.18. The van der Waals surface area contributed by atoms with Crippen LogP contribution in [-0.2, 0) is 6.42 Å². The summed E-state index contributed by atoms with van der Waals surface area (Å²) in [6.45, 7) is 4.19. The van der Waals surface area contributed by atoms with Crippen LogP contribution in [0.1, 0.15) is 41.4 Å². The molecule has 0 aliphatic heterocycles. The number of carbonyl (C=O) groups excluding carboxylic acids is 1. The van der Waals surface area contributed by atoms with Crippen LogP contribution < -0.4 is 4.74 Å². The fourth-order valence-electron chi connectivity index (χ4n) is 3.24. The molecule has 0 amide bonds. The summed E-state index contributed by atoms with van der Waals surface area (Å²) in [5.41, 5.74) is 3.77. The molecule has 0 spiro atoms. The molecule has 3 rings (SSSR count). The van der Waals surface area contributed by atoms with Crippen molar-refractivity contribution >= 4 is 28.4 Å². The van der Waals surface area contributed by atoms with Gasteiger partial charge in [0.05, 0.1) is 12.6 Å². The van der Waals surface area contributed by atoms with E-state index in [4.69, 9.17) is 16.3 Å². The second-order valence-corrected chi connectivity index (χ2v) is 6.63. The smallest absolute Gasteiger partial charge is 0.262 e. The van der Waals surface area contributed by atoms with Crippen LogP contribution in [0.15, 0.2) is 42.5 Å². The third kappa shape index (κ3) is 3.29. The largest absolute Gasteiger partial charge is 0.497 e. The van der Waals surface area contributed by atoms with Crippen LogP contribution in [0.25, 0.3) is 10.9 Å². The first-order valence-electron chi connectivity index (χ1n) is 8.55. The van der Waals surface area contributed by atoms with E-state index in [2.05, 4.69) is 6.92 Å². The van der Waals surface area contributed by atoms with E-state index in [0.717, 1.165) is 41.6 Å². The van der Waals surface area contributed by atoms with Crippen LogP contribution in [0.4, 0.5) is 0 Å². The summed E-state index contributed by atoms with van der Waals surface area (Å²) in [6.07, 6.45) is 3.15. The minimum Gasteiger partial charge on any atom is -0.497 e. The van der Waals surface area contributed by atoms with E-state index in [9.17, 15) is 4.79 Å². The van der Waals surface area contributed by atoms with Crippen LogP contribution >= 0.6 is 11.6 Å². The number of nitrogens with zero attached hydrogens (tertiary/aromatic N) is 1. The monoisotopic (exact) mass is 355 g/mol. The minimum absolute atomic E-state index is 0.0351. The summed E-state index contributed by atoms with van der Waals surface area (Å²) >= 11 is 5.95. The molecule has 0 N–H and O–H groups in total. The number of rotatable bonds is 5. The Morgan fingerprint density at radius 3 is 2.52 bits per heavy atom. The number of hydrogen-bond donors (Lipinski definition) is 0. The molecule has 1 heterocycles. The summed E-state index contributed by atoms with van der Waals surface area (Å²) < 4.78 is 7.19.